The number of aromatic nitrogens is 3. The fourth-order valence-corrected chi connectivity index (χ4v) is 2.99. The number of methoxy groups -OCH3 is 1. The summed E-state index contributed by atoms with van der Waals surface area (Å²) in [7, 11) is 3.06. The molecule has 1 unspecified atom stereocenters. The average Bonchev–Trinajstić information content (AvgIpc) is 2.68. The van der Waals surface area contributed by atoms with Crippen LogP contribution in [0.4, 0.5) is 5.82 Å². The summed E-state index contributed by atoms with van der Waals surface area (Å²) in [5.41, 5.74) is 0.265. The lowest BCUT2D eigenvalue weighted by molar-refractivity contribution is 0.277. The van der Waals surface area contributed by atoms with Gasteiger partial charge in [0.25, 0.3) is 5.56 Å². The fourth-order valence-electron chi connectivity index (χ4n) is 2.88. The molecule has 9 heteroatoms. The van der Waals surface area contributed by atoms with Gasteiger partial charge < -0.3 is 9.84 Å². The minimum absolute atomic E-state index is 0.0986. The zero-order chi connectivity index (χ0) is 20.8. The lowest BCUT2D eigenvalue weighted by Crippen LogP contribution is -2.40. The van der Waals surface area contributed by atoms with Crippen molar-refractivity contribution < 1.29 is 9.84 Å². The normalized spacial score (nSPS) is 12.9. The van der Waals surface area contributed by atoms with Gasteiger partial charge in [-0.1, -0.05) is 18.5 Å². The van der Waals surface area contributed by atoms with E-state index in [2.05, 4.69) is 9.98 Å². The van der Waals surface area contributed by atoms with Gasteiger partial charge in [0.2, 0.25) is 0 Å². The van der Waals surface area contributed by atoms with E-state index in [1.807, 2.05) is 13.0 Å². The predicted octanol–water partition coefficient (Wildman–Crippen LogP) is 1.84. The number of nitrogens with zero attached hydrogens (tertiary/aromatic N) is 4. The Labute approximate surface area is 168 Å². The van der Waals surface area contributed by atoms with Gasteiger partial charge in [-0.3, -0.25) is 18.9 Å². The zero-order valence-electron chi connectivity index (χ0n) is 16.5. The standard InChI is InChI=1S/C19H25ClN4O4/c1-12(10-15-7-6-14(20)11-21-15)17(28-4)22-16-13(2)18(26)24(8-5-9-25)19(27)23(16)3/h6-7,11-12,25H,5,8-10H2,1-4H3. The van der Waals surface area contributed by atoms with Crippen molar-refractivity contribution in [3.05, 3.63) is 55.4 Å². The van der Waals surface area contributed by atoms with Gasteiger partial charge in [-0.25, -0.2) is 4.79 Å². The van der Waals surface area contributed by atoms with Crippen molar-refractivity contribution in [3.8, 4) is 0 Å². The Balaban J connectivity index is 2.41. The van der Waals surface area contributed by atoms with Crippen molar-refractivity contribution in [2.24, 2.45) is 18.0 Å². The molecule has 0 bridgehead atoms. The van der Waals surface area contributed by atoms with E-state index in [9.17, 15) is 9.59 Å². The molecule has 2 heterocycles. The van der Waals surface area contributed by atoms with E-state index in [0.29, 0.717) is 29.3 Å². The highest BCUT2D eigenvalue weighted by molar-refractivity contribution is 6.30. The minimum atomic E-state index is -0.481. The number of halogens is 1. The van der Waals surface area contributed by atoms with Crippen LogP contribution in [0.15, 0.2) is 32.9 Å². The highest BCUT2D eigenvalue weighted by atomic mass is 35.5. The molecule has 0 saturated carbocycles. The van der Waals surface area contributed by atoms with Gasteiger partial charge in [-0.05, 0) is 25.5 Å². The van der Waals surface area contributed by atoms with E-state index in [1.54, 1.807) is 26.2 Å². The first-order valence-corrected chi connectivity index (χ1v) is 9.32. The van der Waals surface area contributed by atoms with Crippen LogP contribution in [0.2, 0.25) is 5.02 Å². The van der Waals surface area contributed by atoms with E-state index in [0.717, 1.165) is 10.3 Å². The Hall–Kier alpha value is -2.45. The molecule has 28 heavy (non-hydrogen) atoms. The summed E-state index contributed by atoms with van der Waals surface area (Å²) in [6.45, 7) is 3.60. The van der Waals surface area contributed by atoms with Crippen molar-refractivity contribution >= 4 is 23.3 Å². The maximum atomic E-state index is 12.6. The highest BCUT2D eigenvalue weighted by Gasteiger charge is 2.18. The molecule has 1 atom stereocenters. The molecule has 0 aliphatic rings. The number of aliphatic hydroxyl groups excluding tert-OH is 1. The van der Waals surface area contributed by atoms with Crippen LogP contribution in [-0.2, 0) is 24.8 Å². The summed E-state index contributed by atoms with van der Waals surface area (Å²) in [5, 5.41) is 9.54. The maximum absolute atomic E-state index is 12.6. The van der Waals surface area contributed by atoms with Gasteiger partial charge in [0, 0.05) is 44.4 Å². The summed E-state index contributed by atoms with van der Waals surface area (Å²) in [4.78, 5) is 33.9. The summed E-state index contributed by atoms with van der Waals surface area (Å²) in [6.07, 6.45) is 2.46. The smallest absolute Gasteiger partial charge is 0.332 e. The fraction of sp³-hybridized carbons (Fsp3) is 0.474. The van der Waals surface area contributed by atoms with E-state index in [1.165, 1.54) is 11.7 Å². The summed E-state index contributed by atoms with van der Waals surface area (Å²) < 4.78 is 7.86. The van der Waals surface area contributed by atoms with E-state index >= 15 is 0 Å². The number of hydrogen-bond donors (Lipinski definition) is 1. The monoisotopic (exact) mass is 408 g/mol. The summed E-state index contributed by atoms with van der Waals surface area (Å²) >= 11 is 5.87. The van der Waals surface area contributed by atoms with Crippen molar-refractivity contribution in [1.82, 2.24) is 14.1 Å². The van der Waals surface area contributed by atoms with E-state index in [-0.39, 0.29) is 24.9 Å². The van der Waals surface area contributed by atoms with Crippen LogP contribution in [0.25, 0.3) is 0 Å². The first kappa shape index (κ1) is 21.8. The largest absolute Gasteiger partial charge is 0.484 e. The first-order valence-electron chi connectivity index (χ1n) is 8.94. The Kier molecular flexibility index (Phi) is 7.53. The minimum Gasteiger partial charge on any atom is -0.484 e. The lowest BCUT2D eigenvalue weighted by atomic mass is 10.1. The molecule has 0 aromatic carbocycles. The number of hydrogen-bond acceptors (Lipinski definition) is 6. The van der Waals surface area contributed by atoms with Crippen molar-refractivity contribution in [1.29, 1.82) is 0 Å². The van der Waals surface area contributed by atoms with Gasteiger partial charge in [0.05, 0.1) is 17.7 Å². The Morgan fingerprint density at radius 1 is 1.39 bits per heavy atom. The van der Waals surface area contributed by atoms with Crippen LogP contribution < -0.4 is 11.2 Å². The second-order valence-corrected chi connectivity index (χ2v) is 6.99. The molecular formula is C19H25ClN4O4. The molecule has 2 rings (SSSR count). The third kappa shape index (κ3) is 4.88. The first-order chi connectivity index (χ1) is 13.3. The lowest BCUT2D eigenvalue weighted by Gasteiger charge is -2.16. The highest BCUT2D eigenvalue weighted by Crippen LogP contribution is 2.17. The van der Waals surface area contributed by atoms with Gasteiger partial charge in [0.1, 0.15) is 5.82 Å². The van der Waals surface area contributed by atoms with Gasteiger partial charge in [-0.2, -0.15) is 4.99 Å². The molecule has 0 radical (unpaired) electrons. The topological polar surface area (TPSA) is 98.7 Å². The molecule has 0 aliphatic heterocycles. The van der Waals surface area contributed by atoms with E-state index in [4.69, 9.17) is 21.4 Å². The Bertz CT molecular complexity index is 926. The molecule has 0 fully saturated rings. The van der Waals surface area contributed by atoms with E-state index < -0.39 is 11.2 Å². The maximum Gasteiger partial charge on any atom is 0.332 e. The zero-order valence-corrected chi connectivity index (χ0v) is 17.2. The molecule has 8 nitrogen and oxygen atoms in total. The van der Waals surface area contributed by atoms with Gasteiger partial charge in [0.15, 0.2) is 5.90 Å². The van der Waals surface area contributed by atoms with Gasteiger partial charge in [-0.15, -0.1) is 0 Å². The number of rotatable bonds is 7. The van der Waals surface area contributed by atoms with Crippen LogP contribution in [0.5, 0.6) is 0 Å². The van der Waals surface area contributed by atoms with Gasteiger partial charge >= 0.3 is 5.69 Å². The van der Waals surface area contributed by atoms with Crippen LogP contribution in [0, 0.1) is 12.8 Å². The quantitative estimate of drug-likeness (QED) is 0.556. The molecule has 1 N–H and O–H groups in total. The number of pyridine rings is 1. The van der Waals surface area contributed by atoms with Crippen LogP contribution in [0.3, 0.4) is 0 Å². The van der Waals surface area contributed by atoms with Crippen LogP contribution in [0.1, 0.15) is 24.6 Å². The number of aliphatic hydroxyl groups is 1. The second kappa shape index (κ2) is 9.66. The van der Waals surface area contributed by atoms with Crippen LogP contribution >= 0.6 is 11.6 Å². The predicted molar refractivity (Wildman–Crippen MR) is 109 cm³/mol. The third-order valence-electron chi connectivity index (χ3n) is 4.43. The van der Waals surface area contributed by atoms with Crippen molar-refractivity contribution in [3.63, 3.8) is 0 Å². The molecule has 0 amide bonds. The molecule has 0 saturated heterocycles. The number of ether oxygens (including phenoxy) is 1. The Morgan fingerprint density at radius 3 is 2.68 bits per heavy atom. The molecular weight excluding hydrogens is 384 g/mol. The third-order valence-corrected chi connectivity index (χ3v) is 4.65. The van der Waals surface area contributed by atoms with Crippen molar-refractivity contribution in [2.45, 2.75) is 33.2 Å². The summed E-state index contributed by atoms with van der Waals surface area (Å²) in [5.74, 6) is 0.510. The average molecular weight is 409 g/mol. The molecule has 0 spiro atoms. The molecule has 2 aromatic rings. The Morgan fingerprint density at radius 2 is 2.11 bits per heavy atom. The van der Waals surface area contributed by atoms with Crippen LogP contribution in [-0.4, -0.2) is 38.8 Å². The second-order valence-electron chi connectivity index (χ2n) is 6.55. The molecule has 2 aromatic heterocycles. The van der Waals surface area contributed by atoms with Crippen molar-refractivity contribution in [2.75, 3.05) is 13.7 Å². The molecule has 152 valence electrons. The number of aliphatic imine (C=N–C) groups is 1. The SMILES string of the molecule is COC(=Nc1c(C)c(=O)n(CCCO)c(=O)n1C)C(C)Cc1ccc(Cl)cn1. The molecule has 0 aliphatic carbocycles. The summed E-state index contributed by atoms with van der Waals surface area (Å²) in [6, 6.07) is 3.59.